The highest BCUT2D eigenvalue weighted by Crippen LogP contribution is 2.33. The van der Waals surface area contributed by atoms with Crippen molar-refractivity contribution in [2.45, 2.75) is 13.8 Å². The number of ether oxygens (including phenoxy) is 1. The molecule has 0 spiro atoms. The molecule has 2 aromatic carbocycles. The van der Waals surface area contributed by atoms with E-state index < -0.39 is 17.1 Å². The average Bonchev–Trinajstić information content (AvgIpc) is 2.88. The first-order valence-electron chi connectivity index (χ1n) is 8.64. The van der Waals surface area contributed by atoms with Crippen LogP contribution in [0.15, 0.2) is 47.4 Å². The van der Waals surface area contributed by atoms with Gasteiger partial charge in [0.1, 0.15) is 12.3 Å². The molecule has 0 aromatic heterocycles. The molecule has 3 rings (SSSR count). The quantitative estimate of drug-likeness (QED) is 0.774. The number of aryl methyl sites for hydroxylation is 2. The van der Waals surface area contributed by atoms with Crippen LogP contribution >= 0.6 is 11.8 Å². The molecule has 3 amide bonds. The summed E-state index contributed by atoms with van der Waals surface area (Å²) in [5.74, 6) is -0.316. The highest BCUT2D eigenvalue weighted by molar-refractivity contribution is 8.18. The number of nitrogens with zero attached hydrogens (tertiary/aromatic N) is 1. The van der Waals surface area contributed by atoms with E-state index in [-0.39, 0.29) is 11.4 Å². The molecule has 7 heteroatoms. The standard InChI is InChI=1S/C21H20N2O4S/c1-13-8-14(2)10-16(9-13)22-19(24)12-23-20(25)18(28-21(23)26)11-15-6-4-5-7-17(15)27-3/h4-11H,12H2,1-3H3,(H,22,24). The lowest BCUT2D eigenvalue weighted by Crippen LogP contribution is -2.36. The van der Waals surface area contributed by atoms with Crippen molar-refractivity contribution in [3.05, 3.63) is 64.1 Å². The molecule has 6 nitrogen and oxygen atoms in total. The Morgan fingerprint density at radius 3 is 2.50 bits per heavy atom. The van der Waals surface area contributed by atoms with Gasteiger partial charge in [-0.25, -0.2) is 0 Å². The Labute approximate surface area is 167 Å². The number of hydrogen-bond donors (Lipinski definition) is 1. The topological polar surface area (TPSA) is 75.7 Å². The van der Waals surface area contributed by atoms with Crippen LogP contribution in [-0.4, -0.2) is 35.6 Å². The lowest BCUT2D eigenvalue weighted by atomic mass is 10.1. The summed E-state index contributed by atoms with van der Waals surface area (Å²) < 4.78 is 5.27. The first-order chi connectivity index (χ1) is 13.4. The number of anilines is 1. The normalized spacial score (nSPS) is 15.2. The SMILES string of the molecule is COc1ccccc1C=C1SC(=O)N(CC(=O)Nc2cc(C)cc(C)c2)C1=O. The van der Waals surface area contributed by atoms with Gasteiger partial charge >= 0.3 is 0 Å². The number of carbonyl (C=O) groups is 3. The van der Waals surface area contributed by atoms with E-state index in [0.29, 0.717) is 17.0 Å². The first kappa shape index (κ1) is 19.7. The van der Waals surface area contributed by atoms with Crippen LogP contribution in [0.1, 0.15) is 16.7 Å². The van der Waals surface area contributed by atoms with E-state index in [0.717, 1.165) is 27.8 Å². The molecule has 1 fully saturated rings. The summed E-state index contributed by atoms with van der Waals surface area (Å²) in [6.07, 6.45) is 1.60. The Morgan fingerprint density at radius 1 is 1.14 bits per heavy atom. The molecule has 0 radical (unpaired) electrons. The average molecular weight is 396 g/mol. The van der Waals surface area contributed by atoms with Gasteiger partial charge in [-0.05, 0) is 61.0 Å². The van der Waals surface area contributed by atoms with Crippen LogP contribution in [-0.2, 0) is 9.59 Å². The zero-order chi connectivity index (χ0) is 20.3. The third-order valence-electron chi connectivity index (χ3n) is 4.11. The predicted molar refractivity (Wildman–Crippen MR) is 110 cm³/mol. The Hall–Kier alpha value is -3.06. The van der Waals surface area contributed by atoms with E-state index in [1.54, 1.807) is 18.2 Å². The van der Waals surface area contributed by atoms with Gasteiger partial charge in [0.05, 0.1) is 12.0 Å². The summed E-state index contributed by atoms with van der Waals surface area (Å²) >= 11 is 0.812. The van der Waals surface area contributed by atoms with Crippen LogP contribution in [0.2, 0.25) is 0 Å². The zero-order valence-corrected chi connectivity index (χ0v) is 16.6. The maximum absolute atomic E-state index is 12.6. The molecule has 1 saturated heterocycles. The van der Waals surface area contributed by atoms with Crippen molar-refractivity contribution in [2.24, 2.45) is 0 Å². The van der Waals surface area contributed by atoms with Gasteiger partial charge < -0.3 is 10.1 Å². The molecule has 1 aliphatic rings. The molecule has 0 aliphatic carbocycles. The molecule has 0 unspecified atom stereocenters. The number of benzene rings is 2. The lowest BCUT2D eigenvalue weighted by molar-refractivity contribution is -0.127. The molecular weight excluding hydrogens is 376 g/mol. The number of hydrogen-bond acceptors (Lipinski definition) is 5. The van der Waals surface area contributed by atoms with Crippen LogP contribution in [0.3, 0.4) is 0 Å². The maximum atomic E-state index is 12.6. The minimum Gasteiger partial charge on any atom is -0.496 e. The fourth-order valence-electron chi connectivity index (χ4n) is 2.95. The number of thioether (sulfide) groups is 1. The van der Waals surface area contributed by atoms with Gasteiger partial charge in [-0.15, -0.1) is 0 Å². The molecule has 0 bridgehead atoms. The number of methoxy groups -OCH3 is 1. The summed E-state index contributed by atoms with van der Waals surface area (Å²) in [5, 5.41) is 2.27. The number of nitrogens with one attached hydrogen (secondary N) is 1. The lowest BCUT2D eigenvalue weighted by Gasteiger charge is -2.13. The second-order valence-corrected chi connectivity index (χ2v) is 7.43. The third-order valence-corrected chi connectivity index (χ3v) is 5.01. The third kappa shape index (κ3) is 4.43. The molecule has 0 saturated carbocycles. The predicted octanol–water partition coefficient (Wildman–Crippen LogP) is 3.99. The molecule has 1 N–H and O–H groups in total. The van der Waals surface area contributed by atoms with Gasteiger partial charge in [-0.3, -0.25) is 19.3 Å². The van der Waals surface area contributed by atoms with Gasteiger partial charge in [0.2, 0.25) is 5.91 Å². The summed E-state index contributed by atoms with van der Waals surface area (Å²) in [5.41, 5.74) is 3.36. The number of imide groups is 1. The van der Waals surface area contributed by atoms with Crippen LogP contribution in [0, 0.1) is 13.8 Å². The van der Waals surface area contributed by atoms with E-state index in [1.807, 2.05) is 44.2 Å². The Morgan fingerprint density at radius 2 is 1.82 bits per heavy atom. The first-order valence-corrected chi connectivity index (χ1v) is 9.45. The van der Waals surface area contributed by atoms with Crippen molar-refractivity contribution in [1.29, 1.82) is 0 Å². The fourth-order valence-corrected chi connectivity index (χ4v) is 3.78. The van der Waals surface area contributed by atoms with Crippen LogP contribution in [0.25, 0.3) is 6.08 Å². The van der Waals surface area contributed by atoms with Crippen molar-refractivity contribution < 1.29 is 19.1 Å². The summed E-state index contributed by atoms with van der Waals surface area (Å²) in [6, 6.07) is 12.9. The molecule has 0 atom stereocenters. The molecule has 2 aromatic rings. The van der Waals surface area contributed by atoms with Gasteiger partial charge in [-0.1, -0.05) is 24.3 Å². The van der Waals surface area contributed by atoms with Crippen LogP contribution in [0.4, 0.5) is 10.5 Å². The van der Waals surface area contributed by atoms with Crippen molar-refractivity contribution in [3.8, 4) is 5.75 Å². The van der Waals surface area contributed by atoms with Gasteiger partial charge in [0.15, 0.2) is 0 Å². The highest BCUT2D eigenvalue weighted by Gasteiger charge is 2.36. The maximum Gasteiger partial charge on any atom is 0.294 e. The van der Waals surface area contributed by atoms with E-state index in [4.69, 9.17) is 4.74 Å². The molecular formula is C21H20N2O4S. The Balaban J connectivity index is 1.73. The Kier molecular flexibility index (Phi) is 5.84. The second-order valence-electron chi connectivity index (χ2n) is 6.43. The smallest absolute Gasteiger partial charge is 0.294 e. The monoisotopic (exact) mass is 396 g/mol. The number of carbonyl (C=O) groups excluding carboxylic acids is 3. The van der Waals surface area contributed by atoms with Gasteiger partial charge in [0, 0.05) is 11.3 Å². The van der Waals surface area contributed by atoms with E-state index in [2.05, 4.69) is 5.32 Å². The number of para-hydroxylation sites is 1. The molecule has 1 aliphatic heterocycles. The number of amides is 3. The minimum absolute atomic E-state index is 0.258. The van der Waals surface area contributed by atoms with Gasteiger partial charge in [-0.2, -0.15) is 0 Å². The van der Waals surface area contributed by atoms with Gasteiger partial charge in [0.25, 0.3) is 11.1 Å². The minimum atomic E-state index is -0.489. The fraction of sp³-hybridized carbons (Fsp3) is 0.190. The summed E-state index contributed by atoms with van der Waals surface area (Å²) in [6.45, 7) is 3.53. The summed E-state index contributed by atoms with van der Waals surface area (Å²) in [7, 11) is 1.54. The number of rotatable bonds is 5. The van der Waals surface area contributed by atoms with E-state index in [9.17, 15) is 14.4 Å². The van der Waals surface area contributed by atoms with Crippen LogP contribution < -0.4 is 10.1 Å². The van der Waals surface area contributed by atoms with Crippen molar-refractivity contribution >= 4 is 40.6 Å². The second kappa shape index (κ2) is 8.31. The molecule has 144 valence electrons. The van der Waals surface area contributed by atoms with Crippen molar-refractivity contribution in [3.63, 3.8) is 0 Å². The van der Waals surface area contributed by atoms with Crippen molar-refractivity contribution in [1.82, 2.24) is 4.90 Å². The van der Waals surface area contributed by atoms with Crippen LogP contribution in [0.5, 0.6) is 5.75 Å². The highest BCUT2D eigenvalue weighted by atomic mass is 32.2. The molecule has 1 heterocycles. The van der Waals surface area contributed by atoms with E-state index >= 15 is 0 Å². The Bertz CT molecular complexity index is 964. The zero-order valence-electron chi connectivity index (χ0n) is 15.8. The van der Waals surface area contributed by atoms with E-state index in [1.165, 1.54) is 7.11 Å². The largest absolute Gasteiger partial charge is 0.496 e. The van der Waals surface area contributed by atoms with Crippen molar-refractivity contribution in [2.75, 3.05) is 19.0 Å². The molecule has 28 heavy (non-hydrogen) atoms. The summed E-state index contributed by atoms with van der Waals surface area (Å²) in [4.78, 5) is 38.4.